The zero-order chi connectivity index (χ0) is 13.1. The summed E-state index contributed by atoms with van der Waals surface area (Å²) in [5.41, 5.74) is 0.420. The second kappa shape index (κ2) is 5.30. The van der Waals surface area contributed by atoms with Crippen LogP contribution in [0, 0.1) is 0 Å². The molecular weight excluding hydrogens is 234 g/mol. The monoisotopic (exact) mass is 249 g/mol. The highest BCUT2D eigenvalue weighted by molar-refractivity contribution is 5.81. The van der Waals surface area contributed by atoms with E-state index in [2.05, 4.69) is 0 Å². The van der Waals surface area contributed by atoms with Gasteiger partial charge in [-0.05, 0) is 5.56 Å². The van der Waals surface area contributed by atoms with Gasteiger partial charge in [0.1, 0.15) is 0 Å². The van der Waals surface area contributed by atoms with Gasteiger partial charge in [0.15, 0.2) is 6.10 Å². The fourth-order valence-electron chi connectivity index (χ4n) is 1.91. The molecule has 3 N–H and O–H groups in total. The Morgan fingerprint density at radius 3 is 2.50 bits per heavy atom. The minimum absolute atomic E-state index is 0.240. The summed E-state index contributed by atoms with van der Waals surface area (Å²) >= 11 is 0. The molecule has 3 atom stereocenters. The molecule has 0 aromatic heterocycles. The first-order valence-electron chi connectivity index (χ1n) is 5.71. The van der Waals surface area contributed by atoms with Gasteiger partial charge in [0.25, 0.3) is 5.91 Å². The van der Waals surface area contributed by atoms with Gasteiger partial charge in [-0.3, -0.25) is 10.0 Å². The molecule has 0 saturated heterocycles. The maximum absolute atomic E-state index is 11.8. The summed E-state index contributed by atoms with van der Waals surface area (Å²) in [6.07, 6.45) is 1.23. The molecule has 1 amide bonds. The molecule has 0 heterocycles. The first-order valence-corrected chi connectivity index (χ1v) is 5.71. The molecule has 2 rings (SSSR count). The number of amides is 1. The van der Waals surface area contributed by atoms with E-state index in [1.807, 2.05) is 0 Å². The van der Waals surface area contributed by atoms with Crippen LogP contribution in [0.15, 0.2) is 42.5 Å². The molecular formula is C13H15NO4. The predicted octanol–water partition coefficient (Wildman–Crippen LogP) is 0.627. The number of aliphatic hydroxyl groups is 2. The van der Waals surface area contributed by atoms with Crippen molar-refractivity contribution in [2.45, 2.75) is 24.7 Å². The van der Waals surface area contributed by atoms with Crippen molar-refractivity contribution in [2.24, 2.45) is 0 Å². The molecule has 0 fully saturated rings. The molecule has 18 heavy (non-hydrogen) atoms. The molecule has 0 spiro atoms. The summed E-state index contributed by atoms with van der Waals surface area (Å²) in [6, 6.07) is 7.80. The lowest BCUT2D eigenvalue weighted by Gasteiger charge is -2.23. The van der Waals surface area contributed by atoms with E-state index >= 15 is 0 Å². The molecule has 5 nitrogen and oxygen atoms in total. The van der Waals surface area contributed by atoms with Crippen LogP contribution in [0.1, 0.15) is 18.1 Å². The quantitative estimate of drug-likeness (QED) is 0.417. The number of aliphatic hydroxyl groups excluding tert-OH is 2. The maximum Gasteiger partial charge on any atom is 0.279 e. The van der Waals surface area contributed by atoms with Crippen molar-refractivity contribution in [3.63, 3.8) is 0 Å². The Bertz CT molecular complexity index is 446. The van der Waals surface area contributed by atoms with Crippen molar-refractivity contribution in [3.05, 3.63) is 48.0 Å². The number of carbonyl (C=O) groups excluding carboxylic acids is 1. The number of hydroxylamine groups is 2. The summed E-state index contributed by atoms with van der Waals surface area (Å²) in [5, 5.41) is 29.3. The number of rotatable bonds is 3. The summed E-state index contributed by atoms with van der Waals surface area (Å²) in [4.78, 5) is 11.8. The molecule has 0 bridgehead atoms. The lowest BCUT2D eigenvalue weighted by molar-refractivity contribution is -0.182. The molecule has 0 radical (unpaired) electrons. The molecule has 0 unspecified atom stereocenters. The molecule has 1 aromatic carbocycles. The number of carbonyl (C=O) groups is 1. The Labute approximate surface area is 105 Å². The number of hydrogen-bond donors (Lipinski definition) is 3. The normalized spacial score (nSPS) is 23.9. The van der Waals surface area contributed by atoms with Crippen LogP contribution >= 0.6 is 0 Å². The van der Waals surface area contributed by atoms with E-state index in [1.165, 1.54) is 6.08 Å². The third kappa shape index (κ3) is 2.59. The molecule has 1 aliphatic rings. The van der Waals surface area contributed by atoms with E-state index in [1.54, 1.807) is 36.4 Å². The summed E-state index contributed by atoms with van der Waals surface area (Å²) in [6.45, 7) is 0. The third-order valence-electron chi connectivity index (χ3n) is 2.93. The second-order valence-corrected chi connectivity index (χ2v) is 4.25. The Balaban J connectivity index is 2.05. The van der Waals surface area contributed by atoms with Crippen molar-refractivity contribution < 1.29 is 20.2 Å². The van der Waals surface area contributed by atoms with Gasteiger partial charge in [-0.1, -0.05) is 42.5 Å². The van der Waals surface area contributed by atoms with Crippen LogP contribution in [0.2, 0.25) is 0 Å². The number of benzene rings is 1. The van der Waals surface area contributed by atoms with E-state index in [-0.39, 0.29) is 6.42 Å². The Hall–Kier alpha value is -1.69. The van der Waals surface area contributed by atoms with E-state index in [4.69, 9.17) is 0 Å². The molecule has 96 valence electrons. The standard InChI is InChI=1S/C13H15NO4/c15-11-7-6-10(8-11)14(18)13(17)12(16)9-4-2-1-3-5-9/h1-7,10-12,15-16,18H,8H2/t10-,11-,12+/m0/s1. The van der Waals surface area contributed by atoms with Crippen molar-refractivity contribution in [1.82, 2.24) is 5.06 Å². The highest BCUT2D eigenvalue weighted by Crippen LogP contribution is 2.20. The average Bonchev–Trinajstić information content (AvgIpc) is 2.84. The Morgan fingerprint density at radius 2 is 1.94 bits per heavy atom. The van der Waals surface area contributed by atoms with Crippen LogP contribution in [0.5, 0.6) is 0 Å². The van der Waals surface area contributed by atoms with Gasteiger partial charge >= 0.3 is 0 Å². The second-order valence-electron chi connectivity index (χ2n) is 4.25. The van der Waals surface area contributed by atoms with Gasteiger partial charge in [-0.25, -0.2) is 5.06 Å². The Kier molecular flexibility index (Phi) is 3.76. The fraction of sp³-hybridized carbons (Fsp3) is 0.308. The largest absolute Gasteiger partial charge is 0.389 e. The minimum atomic E-state index is -1.40. The van der Waals surface area contributed by atoms with Gasteiger partial charge in [0.2, 0.25) is 0 Å². The van der Waals surface area contributed by atoms with Crippen molar-refractivity contribution in [2.75, 3.05) is 0 Å². The summed E-state index contributed by atoms with van der Waals surface area (Å²) < 4.78 is 0. The Morgan fingerprint density at radius 1 is 1.28 bits per heavy atom. The topological polar surface area (TPSA) is 81.0 Å². The summed E-state index contributed by atoms with van der Waals surface area (Å²) in [5.74, 6) is -0.801. The smallest absolute Gasteiger partial charge is 0.279 e. The van der Waals surface area contributed by atoms with Crippen LogP contribution in [-0.4, -0.2) is 38.5 Å². The lowest BCUT2D eigenvalue weighted by Crippen LogP contribution is -2.39. The first kappa shape index (κ1) is 12.8. The van der Waals surface area contributed by atoms with Gasteiger partial charge in [-0.15, -0.1) is 0 Å². The zero-order valence-corrected chi connectivity index (χ0v) is 9.68. The van der Waals surface area contributed by atoms with Gasteiger partial charge < -0.3 is 10.2 Å². The lowest BCUT2D eigenvalue weighted by atomic mass is 10.1. The number of nitrogens with zero attached hydrogens (tertiary/aromatic N) is 1. The van der Waals surface area contributed by atoms with E-state index < -0.39 is 24.2 Å². The SMILES string of the molecule is O=C([C@H](O)c1ccccc1)N(O)[C@H]1C=C[C@H](O)C1. The first-order chi connectivity index (χ1) is 8.59. The average molecular weight is 249 g/mol. The number of hydrogen-bond acceptors (Lipinski definition) is 4. The predicted molar refractivity (Wildman–Crippen MR) is 63.6 cm³/mol. The fourth-order valence-corrected chi connectivity index (χ4v) is 1.91. The molecule has 1 aliphatic carbocycles. The van der Waals surface area contributed by atoms with E-state index in [0.717, 1.165) is 0 Å². The third-order valence-corrected chi connectivity index (χ3v) is 2.93. The molecule has 5 heteroatoms. The highest BCUT2D eigenvalue weighted by atomic mass is 16.5. The van der Waals surface area contributed by atoms with Crippen LogP contribution in [-0.2, 0) is 4.79 Å². The van der Waals surface area contributed by atoms with Gasteiger partial charge in [-0.2, -0.15) is 0 Å². The van der Waals surface area contributed by atoms with Gasteiger partial charge in [0.05, 0.1) is 12.1 Å². The minimum Gasteiger partial charge on any atom is -0.389 e. The van der Waals surface area contributed by atoms with Crippen LogP contribution in [0.4, 0.5) is 0 Å². The van der Waals surface area contributed by atoms with Crippen LogP contribution < -0.4 is 0 Å². The van der Waals surface area contributed by atoms with E-state index in [9.17, 15) is 20.2 Å². The van der Waals surface area contributed by atoms with E-state index in [0.29, 0.717) is 10.6 Å². The molecule has 0 saturated carbocycles. The maximum atomic E-state index is 11.8. The van der Waals surface area contributed by atoms with Crippen molar-refractivity contribution >= 4 is 5.91 Å². The van der Waals surface area contributed by atoms with Crippen LogP contribution in [0.25, 0.3) is 0 Å². The molecule has 0 aliphatic heterocycles. The summed E-state index contributed by atoms with van der Waals surface area (Å²) in [7, 11) is 0. The van der Waals surface area contributed by atoms with Crippen LogP contribution in [0.3, 0.4) is 0 Å². The zero-order valence-electron chi connectivity index (χ0n) is 9.68. The highest BCUT2D eigenvalue weighted by Gasteiger charge is 2.30. The van der Waals surface area contributed by atoms with Gasteiger partial charge in [0, 0.05) is 6.42 Å². The van der Waals surface area contributed by atoms with Crippen molar-refractivity contribution in [1.29, 1.82) is 0 Å². The molecule has 1 aromatic rings. The van der Waals surface area contributed by atoms with Crippen molar-refractivity contribution in [3.8, 4) is 0 Å².